The number of carbonyl (C=O) groups excluding carboxylic acids is 1. The van der Waals surface area contributed by atoms with Crippen molar-refractivity contribution in [2.24, 2.45) is 0 Å². The Kier molecular flexibility index (Phi) is 4.06. The summed E-state index contributed by atoms with van der Waals surface area (Å²) in [6, 6.07) is -0.0217. The van der Waals surface area contributed by atoms with Crippen molar-refractivity contribution in [3.05, 3.63) is 17.0 Å². The van der Waals surface area contributed by atoms with Crippen molar-refractivity contribution in [1.29, 1.82) is 0 Å². The van der Waals surface area contributed by atoms with Gasteiger partial charge in [0, 0.05) is 23.9 Å². The zero-order valence-electron chi connectivity index (χ0n) is 10.2. The molecule has 2 heterocycles. The lowest BCUT2D eigenvalue weighted by Crippen LogP contribution is -2.42. The molecule has 0 saturated carbocycles. The lowest BCUT2D eigenvalue weighted by Gasteiger charge is -2.10. The highest BCUT2D eigenvalue weighted by molar-refractivity contribution is 7.99. The van der Waals surface area contributed by atoms with Gasteiger partial charge in [0.25, 0.3) is 0 Å². The Balaban J connectivity index is 1.77. The van der Waals surface area contributed by atoms with E-state index in [9.17, 15) is 4.79 Å². The van der Waals surface area contributed by atoms with Crippen molar-refractivity contribution in [3.8, 4) is 0 Å². The molecule has 0 bridgehead atoms. The van der Waals surface area contributed by atoms with Gasteiger partial charge in [-0.2, -0.15) is 5.10 Å². The van der Waals surface area contributed by atoms with Crippen molar-refractivity contribution in [2.75, 3.05) is 18.2 Å². The number of carbonyl (C=O) groups is 1. The van der Waals surface area contributed by atoms with Crippen LogP contribution in [0.5, 0.6) is 0 Å². The molecule has 0 aromatic carbocycles. The van der Waals surface area contributed by atoms with Crippen molar-refractivity contribution in [3.63, 3.8) is 0 Å². The summed E-state index contributed by atoms with van der Waals surface area (Å²) < 4.78 is 0. The van der Waals surface area contributed by atoms with Gasteiger partial charge in [-0.05, 0) is 25.8 Å². The summed E-state index contributed by atoms with van der Waals surface area (Å²) in [6.07, 6.45) is 0.833. The maximum Gasteiger partial charge on any atom is 0.238 e. The predicted octanol–water partition coefficient (Wildman–Crippen LogP) is 0.348. The summed E-state index contributed by atoms with van der Waals surface area (Å²) in [6.45, 7) is 4.66. The molecule has 1 unspecified atom stereocenters. The standard InChI is InChI=1S/C11H18N4OS/c1-7-9(8(2)15-14-7)3-4-12-11(16)10-5-17-6-13-10/h10,13H,3-6H2,1-2H3,(H,12,16)(H,14,15). The van der Waals surface area contributed by atoms with Crippen LogP contribution in [-0.4, -0.2) is 40.3 Å². The molecule has 2 rings (SSSR count). The highest BCUT2D eigenvalue weighted by Gasteiger charge is 2.21. The molecule has 1 aliphatic rings. The molecule has 1 atom stereocenters. The second-order valence-corrected chi connectivity index (χ2v) is 5.26. The van der Waals surface area contributed by atoms with Gasteiger partial charge >= 0.3 is 0 Å². The monoisotopic (exact) mass is 254 g/mol. The van der Waals surface area contributed by atoms with E-state index < -0.39 is 0 Å². The van der Waals surface area contributed by atoms with Gasteiger partial charge in [-0.3, -0.25) is 15.2 Å². The van der Waals surface area contributed by atoms with Crippen LogP contribution in [0.3, 0.4) is 0 Å². The number of aryl methyl sites for hydroxylation is 2. The summed E-state index contributed by atoms with van der Waals surface area (Å²) >= 11 is 1.76. The van der Waals surface area contributed by atoms with Crippen molar-refractivity contribution in [1.82, 2.24) is 20.8 Å². The first-order valence-electron chi connectivity index (χ1n) is 5.77. The highest BCUT2D eigenvalue weighted by atomic mass is 32.2. The van der Waals surface area contributed by atoms with Gasteiger partial charge < -0.3 is 5.32 Å². The number of nitrogens with one attached hydrogen (secondary N) is 3. The Bertz CT molecular complexity index is 379. The number of amides is 1. The number of hydrogen-bond acceptors (Lipinski definition) is 4. The van der Waals surface area contributed by atoms with E-state index in [1.165, 1.54) is 5.56 Å². The van der Waals surface area contributed by atoms with E-state index in [4.69, 9.17) is 0 Å². The minimum absolute atomic E-state index is 0.0217. The molecule has 0 radical (unpaired) electrons. The fraction of sp³-hybridized carbons (Fsp3) is 0.636. The molecular weight excluding hydrogens is 236 g/mol. The number of nitrogens with zero attached hydrogens (tertiary/aromatic N) is 1. The smallest absolute Gasteiger partial charge is 0.238 e. The summed E-state index contributed by atoms with van der Waals surface area (Å²) in [5.74, 6) is 1.85. The van der Waals surface area contributed by atoms with Crippen LogP contribution in [0.2, 0.25) is 0 Å². The number of rotatable bonds is 4. The summed E-state index contributed by atoms with van der Waals surface area (Å²) in [5, 5.41) is 13.2. The molecule has 0 aliphatic carbocycles. The van der Waals surface area contributed by atoms with Crippen LogP contribution in [0.25, 0.3) is 0 Å². The lowest BCUT2D eigenvalue weighted by atomic mass is 10.1. The summed E-state index contributed by atoms with van der Waals surface area (Å²) in [4.78, 5) is 11.7. The van der Waals surface area contributed by atoms with Gasteiger partial charge in [0.05, 0.1) is 11.7 Å². The molecule has 0 spiro atoms. The van der Waals surface area contributed by atoms with E-state index in [1.807, 2.05) is 13.8 Å². The van der Waals surface area contributed by atoms with Crippen LogP contribution < -0.4 is 10.6 Å². The summed E-state index contributed by atoms with van der Waals surface area (Å²) in [7, 11) is 0. The Morgan fingerprint density at radius 2 is 2.41 bits per heavy atom. The predicted molar refractivity (Wildman–Crippen MR) is 69.0 cm³/mol. The topological polar surface area (TPSA) is 69.8 Å². The van der Waals surface area contributed by atoms with Gasteiger partial charge in [-0.25, -0.2) is 0 Å². The number of hydrogen-bond donors (Lipinski definition) is 3. The van der Waals surface area contributed by atoms with Crippen molar-refractivity contribution >= 4 is 17.7 Å². The molecule has 17 heavy (non-hydrogen) atoms. The van der Waals surface area contributed by atoms with Crippen LogP contribution in [0.15, 0.2) is 0 Å². The van der Waals surface area contributed by atoms with Crippen LogP contribution in [0.1, 0.15) is 17.0 Å². The molecule has 1 saturated heterocycles. The number of aromatic nitrogens is 2. The van der Waals surface area contributed by atoms with Crippen LogP contribution in [0, 0.1) is 13.8 Å². The largest absolute Gasteiger partial charge is 0.354 e. The molecule has 5 nitrogen and oxygen atoms in total. The van der Waals surface area contributed by atoms with Gasteiger partial charge in [0.2, 0.25) is 5.91 Å². The second-order valence-electron chi connectivity index (χ2n) is 4.23. The van der Waals surface area contributed by atoms with E-state index in [2.05, 4.69) is 20.8 Å². The van der Waals surface area contributed by atoms with E-state index in [-0.39, 0.29) is 11.9 Å². The van der Waals surface area contributed by atoms with Crippen molar-refractivity contribution < 1.29 is 4.79 Å². The molecule has 1 amide bonds. The molecule has 1 aliphatic heterocycles. The van der Waals surface area contributed by atoms with E-state index in [1.54, 1.807) is 11.8 Å². The van der Waals surface area contributed by atoms with Crippen molar-refractivity contribution in [2.45, 2.75) is 26.3 Å². The quantitative estimate of drug-likeness (QED) is 0.725. The number of thioether (sulfide) groups is 1. The normalized spacial score (nSPS) is 19.5. The molecule has 3 N–H and O–H groups in total. The maximum absolute atomic E-state index is 11.7. The van der Waals surface area contributed by atoms with Gasteiger partial charge in [0.15, 0.2) is 0 Å². The summed E-state index contributed by atoms with van der Waals surface area (Å²) in [5.41, 5.74) is 3.32. The molecule has 1 aromatic heterocycles. The third-order valence-corrected chi connectivity index (χ3v) is 3.93. The highest BCUT2D eigenvalue weighted by Crippen LogP contribution is 2.10. The number of H-pyrrole nitrogens is 1. The molecule has 6 heteroatoms. The molecular formula is C11H18N4OS. The van der Waals surface area contributed by atoms with E-state index in [0.717, 1.165) is 29.4 Å². The van der Waals surface area contributed by atoms with Crippen LogP contribution >= 0.6 is 11.8 Å². The Morgan fingerprint density at radius 1 is 1.59 bits per heavy atom. The first-order valence-corrected chi connectivity index (χ1v) is 6.93. The zero-order valence-corrected chi connectivity index (χ0v) is 11.0. The molecule has 1 fully saturated rings. The van der Waals surface area contributed by atoms with Gasteiger partial charge in [-0.1, -0.05) is 0 Å². The van der Waals surface area contributed by atoms with Gasteiger partial charge in [-0.15, -0.1) is 11.8 Å². The molecule has 1 aromatic rings. The third-order valence-electron chi connectivity index (χ3n) is 2.99. The lowest BCUT2D eigenvalue weighted by molar-refractivity contribution is -0.122. The molecule has 94 valence electrons. The average molecular weight is 254 g/mol. The van der Waals surface area contributed by atoms with E-state index in [0.29, 0.717) is 6.54 Å². The van der Waals surface area contributed by atoms with Gasteiger partial charge in [0.1, 0.15) is 0 Å². The maximum atomic E-state index is 11.7. The Morgan fingerprint density at radius 3 is 3.00 bits per heavy atom. The zero-order chi connectivity index (χ0) is 12.3. The second kappa shape index (κ2) is 5.55. The van der Waals surface area contributed by atoms with E-state index >= 15 is 0 Å². The average Bonchev–Trinajstić information content (AvgIpc) is 2.93. The number of aromatic amines is 1. The van der Waals surface area contributed by atoms with Crippen LogP contribution in [-0.2, 0) is 11.2 Å². The first kappa shape index (κ1) is 12.4. The first-order chi connectivity index (χ1) is 8.18. The SMILES string of the molecule is Cc1n[nH]c(C)c1CCNC(=O)C1CSCN1. The third kappa shape index (κ3) is 3.01. The minimum atomic E-state index is -0.0217. The van der Waals surface area contributed by atoms with Crippen LogP contribution in [0.4, 0.5) is 0 Å². The fourth-order valence-electron chi connectivity index (χ4n) is 1.94. The Hall–Kier alpha value is -1.01. The Labute approximate surface area is 105 Å². The fourth-order valence-corrected chi connectivity index (χ4v) is 2.88. The minimum Gasteiger partial charge on any atom is -0.354 e.